The molecule has 1 aliphatic rings. The number of cyclic esters (lactones) is 1. The molecule has 0 N–H and O–H groups in total. The summed E-state index contributed by atoms with van der Waals surface area (Å²) in [5.74, 6) is -0.353. The van der Waals surface area contributed by atoms with Gasteiger partial charge in [0.05, 0.1) is 6.61 Å². The number of allylic oxidation sites excluding steroid dienone is 1. The Kier molecular flexibility index (Phi) is 11.6. The number of hydrogen-bond donors (Lipinski definition) is 0. The molecule has 0 bridgehead atoms. The van der Waals surface area contributed by atoms with Gasteiger partial charge < -0.3 is 4.74 Å². The smallest absolute Gasteiger partial charge is 0.330 e. The SMILES string of the molecule is O=C1/C=C/C(=O)OCCCCCCCCCCCCCCC1. The quantitative estimate of drug-likeness (QED) is 0.583. The molecule has 1 aliphatic heterocycles. The highest BCUT2D eigenvalue weighted by atomic mass is 16.5. The number of esters is 1. The minimum Gasteiger partial charge on any atom is -0.463 e. The third kappa shape index (κ3) is 11.5. The van der Waals surface area contributed by atoms with E-state index in [1.165, 1.54) is 69.9 Å². The van der Waals surface area contributed by atoms with Gasteiger partial charge in [-0.2, -0.15) is 0 Å². The number of ether oxygens (including phenoxy) is 1. The van der Waals surface area contributed by atoms with E-state index in [0.717, 1.165) is 25.7 Å². The molecule has 0 radical (unpaired) electrons. The van der Waals surface area contributed by atoms with Gasteiger partial charge >= 0.3 is 5.97 Å². The molecule has 0 spiro atoms. The number of hydrogen-bond acceptors (Lipinski definition) is 3. The number of carbonyl (C=O) groups excluding carboxylic acids is 2. The van der Waals surface area contributed by atoms with Gasteiger partial charge in [0.15, 0.2) is 5.78 Å². The van der Waals surface area contributed by atoms with Gasteiger partial charge in [0.2, 0.25) is 0 Å². The zero-order valence-corrected chi connectivity index (χ0v) is 14.0. The second kappa shape index (κ2) is 13.5. The molecular weight excluding hydrogens is 276 g/mol. The summed E-state index contributed by atoms with van der Waals surface area (Å²) in [5.41, 5.74) is 0. The van der Waals surface area contributed by atoms with Gasteiger partial charge in [0.1, 0.15) is 0 Å². The Balaban J connectivity index is 2.26. The van der Waals surface area contributed by atoms with E-state index in [2.05, 4.69) is 0 Å². The molecule has 0 atom stereocenters. The molecule has 0 aromatic rings. The summed E-state index contributed by atoms with van der Waals surface area (Å²) in [7, 11) is 0. The molecule has 0 unspecified atom stereocenters. The second-order valence-corrected chi connectivity index (χ2v) is 6.31. The number of rotatable bonds is 0. The van der Waals surface area contributed by atoms with Crippen LogP contribution in [0, 0.1) is 0 Å². The van der Waals surface area contributed by atoms with E-state index < -0.39 is 0 Å². The Labute approximate surface area is 135 Å². The molecular formula is C19H32O3. The summed E-state index contributed by atoms with van der Waals surface area (Å²) in [5, 5.41) is 0. The van der Waals surface area contributed by atoms with E-state index in [0.29, 0.717) is 13.0 Å². The van der Waals surface area contributed by atoms with Crippen molar-refractivity contribution < 1.29 is 14.3 Å². The van der Waals surface area contributed by atoms with Crippen LogP contribution in [0.3, 0.4) is 0 Å². The highest BCUT2D eigenvalue weighted by Crippen LogP contribution is 2.13. The average Bonchev–Trinajstić information content (AvgIpc) is 2.51. The molecule has 0 aliphatic carbocycles. The molecule has 0 fully saturated rings. The Bertz CT molecular complexity index is 302. The molecule has 0 amide bonds. The fourth-order valence-electron chi connectivity index (χ4n) is 2.81. The van der Waals surface area contributed by atoms with Crippen molar-refractivity contribution in [2.45, 2.75) is 89.9 Å². The molecule has 0 saturated heterocycles. The largest absolute Gasteiger partial charge is 0.463 e. The molecule has 1 rings (SSSR count). The Hall–Kier alpha value is -1.12. The van der Waals surface area contributed by atoms with E-state index in [1.54, 1.807) is 0 Å². The lowest BCUT2D eigenvalue weighted by Crippen LogP contribution is -2.03. The van der Waals surface area contributed by atoms with Crippen LogP contribution < -0.4 is 0 Å². The van der Waals surface area contributed by atoms with Crippen LogP contribution in [0.15, 0.2) is 12.2 Å². The Morgan fingerprint density at radius 2 is 1.05 bits per heavy atom. The van der Waals surface area contributed by atoms with Gasteiger partial charge in [-0.1, -0.05) is 70.6 Å². The van der Waals surface area contributed by atoms with Gasteiger partial charge in [-0.25, -0.2) is 4.79 Å². The van der Waals surface area contributed by atoms with Crippen molar-refractivity contribution in [3.8, 4) is 0 Å². The maximum absolute atomic E-state index is 11.6. The van der Waals surface area contributed by atoms with Gasteiger partial charge in [0, 0.05) is 12.5 Å². The van der Waals surface area contributed by atoms with Gasteiger partial charge in [0.25, 0.3) is 0 Å². The van der Waals surface area contributed by atoms with Crippen molar-refractivity contribution in [1.82, 2.24) is 0 Å². The molecule has 3 nitrogen and oxygen atoms in total. The fourth-order valence-corrected chi connectivity index (χ4v) is 2.81. The maximum Gasteiger partial charge on any atom is 0.330 e. The third-order valence-corrected chi connectivity index (χ3v) is 4.22. The lowest BCUT2D eigenvalue weighted by atomic mass is 10.0. The Morgan fingerprint density at radius 1 is 0.591 bits per heavy atom. The molecule has 3 heteroatoms. The first-order chi connectivity index (χ1) is 10.8. The van der Waals surface area contributed by atoms with Crippen LogP contribution in [0.2, 0.25) is 0 Å². The zero-order valence-electron chi connectivity index (χ0n) is 14.0. The van der Waals surface area contributed by atoms with Crippen molar-refractivity contribution >= 4 is 11.8 Å². The highest BCUT2D eigenvalue weighted by Gasteiger charge is 2.01. The summed E-state index contributed by atoms with van der Waals surface area (Å²) in [6.45, 7) is 0.470. The van der Waals surface area contributed by atoms with Crippen LogP contribution in [0.4, 0.5) is 0 Å². The van der Waals surface area contributed by atoms with Crippen LogP contribution in [0.5, 0.6) is 0 Å². The summed E-state index contributed by atoms with van der Waals surface area (Å²) in [6, 6.07) is 0. The van der Waals surface area contributed by atoms with Crippen LogP contribution in [-0.4, -0.2) is 18.4 Å². The van der Waals surface area contributed by atoms with Crippen molar-refractivity contribution in [3.63, 3.8) is 0 Å². The molecule has 22 heavy (non-hydrogen) atoms. The van der Waals surface area contributed by atoms with Crippen molar-refractivity contribution in [3.05, 3.63) is 12.2 Å². The number of carbonyl (C=O) groups is 2. The first kappa shape index (κ1) is 18.9. The molecule has 0 aromatic heterocycles. The highest BCUT2D eigenvalue weighted by molar-refractivity contribution is 5.95. The Morgan fingerprint density at radius 3 is 1.59 bits per heavy atom. The summed E-state index contributed by atoms with van der Waals surface area (Å²) >= 11 is 0. The first-order valence-electron chi connectivity index (χ1n) is 9.17. The van der Waals surface area contributed by atoms with Crippen molar-refractivity contribution in [2.75, 3.05) is 6.61 Å². The summed E-state index contributed by atoms with van der Waals surface area (Å²) < 4.78 is 5.09. The summed E-state index contributed by atoms with van der Waals surface area (Å²) in [4.78, 5) is 23.1. The third-order valence-electron chi connectivity index (χ3n) is 4.22. The normalized spacial score (nSPS) is 23.5. The van der Waals surface area contributed by atoms with Gasteiger partial charge in [-0.15, -0.1) is 0 Å². The standard InChI is InChI=1S/C19H32O3/c20-18-14-12-10-8-6-4-2-1-3-5-7-9-11-13-17-22-19(21)16-15-18/h15-16H,1-14,17H2/b16-15+. The van der Waals surface area contributed by atoms with Gasteiger partial charge in [-0.3, -0.25) is 4.79 Å². The maximum atomic E-state index is 11.6. The first-order valence-corrected chi connectivity index (χ1v) is 9.17. The van der Waals surface area contributed by atoms with Crippen molar-refractivity contribution in [2.24, 2.45) is 0 Å². The van der Waals surface area contributed by atoms with E-state index in [-0.39, 0.29) is 11.8 Å². The van der Waals surface area contributed by atoms with E-state index in [1.807, 2.05) is 0 Å². The summed E-state index contributed by atoms with van der Waals surface area (Å²) in [6.07, 6.45) is 19.1. The second-order valence-electron chi connectivity index (χ2n) is 6.31. The molecule has 0 saturated carbocycles. The van der Waals surface area contributed by atoms with Crippen LogP contribution in [0.25, 0.3) is 0 Å². The minimum atomic E-state index is -0.386. The van der Waals surface area contributed by atoms with Crippen LogP contribution >= 0.6 is 0 Å². The fraction of sp³-hybridized carbons (Fsp3) is 0.789. The van der Waals surface area contributed by atoms with Gasteiger partial charge in [-0.05, 0) is 18.9 Å². The zero-order chi connectivity index (χ0) is 15.9. The average molecular weight is 308 g/mol. The lowest BCUT2D eigenvalue weighted by Gasteiger charge is -2.04. The van der Waals surface area contributed by atoms with E-state index in [4.69, 9.17) is 4.74 Å². The molecule has 0 aromatic carbocycles. The van der Waals surface area contributed by atoms with Crippen LogP contribution in [0.1, 0.15) is 89.9 Å². The van der Waals surface area contributed by atoms with E-state index in [9.17, 15) is 9.59 Å². The lowest BCUT2D eigenvalue weighted by molar-refractivity contribution is -0.138. The predicted octanol–water partition coefficient (Wildman–Crippen LogP) is 5.13. The molecule has 1 heterocycles. The minimum absolute atomic E-state index is 0.0337. The monoisotopic (exact) mass is 308 g/mol. The van der Waals surface area contributed by atoms with Crippen LogP contribution in [-0.2, 0) is 14.3 Å². The molecule has 126 valence electrons. The number of ketones is 1. The topological polar surface area (TPSA) is 43.4 Å². The predicted molar refractivity (Wildman–Crippen MR) is 89.7 cm³/mol. The van der Waals surface area contributed by atoms with Crippen molar-refractivity contribution in [1.29, 1.82) is 0 Å². The van der Waals surface area contributed by atoms with E-state index >= 15 is 0 Å².